The molecule has 0 aromatic heterocycles. The van der Waals surface area contributed by atoms with Gasteiger partial charge in [0, 0.05) is 35.2 Å². The van der Waals surface area contributed by atoms with Gasteiger partial charge in [0.15, 0.2) is 0 Å². The van der Waals surface area contributed by atoms with Crippen LogP contribution in [0.2, 0.25) is 0 Å². The van der Waals surface area contributed by atoms with E-state index in [-0.39, 0.29) is 23.5 Å². The molecule has 0 saturated carbocycles. The van der Waals surface area contributed by atoms with Gasteiger partial charge in [-0.2, -0.15) is 0 Å². The first kappa shape index (κ1) is 18.5. The molecule has 1 heterocycles. The molecular weight excluding hydrogens is 351 g/mol. The summed E-state index contributed by atoms with van der Waals surface area (Å²) in [5, 5.41) is 2.95. The number of carbonyl (C=O) groups is 2. The third-order valence-corrected chi connectivity index (χ3v) is 5.35. The average molecular weight is 372 g/mol. The lowest BCUT2D eigenvalue weighted by Crippen LogP contribution is -2.41. The molecule has 136 valence electrons. The highest BCUT2D eigenvalue weighted by molar-refractivity contribution is 7.98. The maximum absolute atomic E-state index is 13.0. The van der Waals surface area contributed by atoms with E-state index in [0.717, 1.165) is 10.6 Å². The Labute approximate surface area is 156 Å². The molecule has 1 aliphatic heterocycles. The fourth-order valence-electron chi connectivity index (χ4n) is 3.04. The van der Waals surface area contributed by atoms with Crippen LogP contribution in [0, 0.1) is 11.7 Å². The number of anilines is 1. The Bertz CT molecular complexity index is 769. The summed E-state index contributed by atoms with van der Waals surface area (Å²) in [6.07, 6.45) is 3.26. The molecule has 26 heavy (non-hydrogen) atoms. The Balaban J connectivity index is 1.53. The van der Waals surface area contributed by atoms with Gasteiger partial charge in [0.2, 0.25) is 5.91 Å². The number of piperidine rings is 1. The van der Waals surface area contributed by atoms with Crippen LogP contribution < -0.4 is 5.32 Å². The zero-order valence-electron chi connectivity index (χ0n) is 14.6. The van der Waals surface area contributed by atoms with Crippen molar-refractivity contribution < 1.29 is 14.0 Å². The highest BCUT2D eigenvalue weighted by Crippen LogP contribution is 2.22. The molecular formula is C20H21FN2O2S. The molecule has 0 spiro atoms. The van der Waals surface area contributed by atoms with Gasteiger partial charge in [0.25, 0.3) is 5.91 Å². The number of carbonyl (C=O) groups excluding carboxylic acids is 2. The normalized spacial score (nSPS) is 14.9. The Morgan fingerprint density at radius 3 is 2.23 bits per heavy atom. The monoisotopic (exact) mass is 372 g/mol. The second-order valence-corrected chi connectivity index (χ2v) is 7.17. The fraction of sp³-hybridized carbons (Fsp3) is 0.300. The molecule has 1 N–H and O–H groups in total. The number of thioether (sulfide) groups is 1. The third-order valence-electron chi connectivity index (χ3n) is 4.60. The highest BCUT2D eigenvalue weighted by Gasteiger charge is 2.27. The molecule has 1 saturated heterocycles. The van der Waals surface area contributed by atoms with Gasteiger partial charge in [-0.3, -0.25) is 9.59 Å². The first-order valence-corrected chi connectivity index (χ1v) is 9.79. The molecule has 1 aliphatic rings. The van der Waals surface area contributed by atoms with E-state index in [1.165, 1.54) is 24.3 Å². The fourth-order valence-corrected chi connectivity index (χ4v) is 3.45. The predicted octanol–water partition coefficient (Wildman–Crippen LogP) is 4.04. The minimum absolute atomic E-state index is 0.00390. The van der Waals surface area contributed by atoms with Gasteiger partial charge in [-0.25, -0.2) is 4.39 Å². The minimum atomic E-state index is -0.359. The molecule has 4 nitrogen and oxygen atoms in total. The maximum atomic E-state index is 13.0. The van der Waals surface area contributed by atoms with Crippen molar-refractivity contribution in [2.24, 2.45) is 5.92 Å². The van der Waals surface area contributed by atoms with Crippen LogP contribution >= 0.6 is 11.8 Å². The van der Waals surface area contributed by atoms with Crippen molar-refractivity contribution in [1.82, 2.24) is 4.90 Å². The molecule has 2 aromatic carbocycles. The molecule has 2 aromatic rings. The van der Waals surface area contributed by atoms with E-state index in [9.17, 15) is 14.0 Å². The van der Waals surface area contributed by atoms with E-state index in [0.29, 0.717) is 31.5 Å². The van der Waals surface area contributed by atoms with E-state index in [4.69, 9.17) is 0 Å². The van der Waals surface area contributed by atoms with Crippen LogP contribution in [-0.4, -0.2) is 36.1 Å². The summed E-state index contributed by atoms with van der Waals surface area (Å²) < 4.78 is 13.0. The van der Waals surface area contributed by atoms with Gasteiger partial charge in [0.1, 0.15) is 5.82 Å². The third kappa shape index (κ3) is 4.43. The summed E-state index contributed by atoms with van der Waals surface area (Å²) in [4.78, 5) is 27.8. The second kappa shape index (κ2) is 8.36. The lowest BCUT2D eigenvalue weighted by Gasteiger charge is -2.31. The van der Waals surface area contributed by atoms with Crippen molar-refractivity contribution in [2.45, 2.75) is 17.7 Å². The lowest BCUT2D eigenvalue weighted by atomic mass is 9.95. The number of hydrogen-bond donors (Lipinski definition) is 1. The number of halogens is 1. The SMILES string of the molecule is CSc1ccc(NC(=O)C2CCN(C(=O)c3ccc(F)cc3)CC2)cc1. The summed E-state index contributed by atoms with van der Waals surface area (Å²) in [5.74, 6) is -0.581. The number of rotatable bonds is 4. The largest absolute Gasteiger partial charge is 0.339 e. The molecule has 2 amide bonds. The van der Waals surface area contributed by atoms with Gasteiger partial charge in [-0.1, -0.05) is 0 Å². The van der Waals surface area contributed by atoms with Crippen LogP contribution in [0.3, 0.4) is 0 Å². The van der Waals surface area contributed by atoms with Gasteiger partial charge < -0.3 is 10.2 Å². The summed E-state index contributed by atoms with van der Waals surface area (Å²) in [5.41, 5.74) is 1.26. The number of hydrogen-bond acceptors (Lipinski definition) is 3. The first-order chi connectivity index (χ1) is 12.6. The maximum Gasteiger partial charge on any atom is 0.253 e. The Morgan fingerprint density at radius 2 is 1.65 bits per heavy atom. The molecule has 0 aliphatic carbocycles. The molecule has 0 radical (unpaired) electrons. The molecule has 3 rings (SSSR count). The highest BCUT2D eigenvalue weighted by atomic mass is 32.2. The Hall–Kier alpha value is -2.34. The Kier molecular flexibility index (Phi) is 5.93. The number of amides is 2. The van der Waals surface area contributed by atoms with Crippen LogP contribution in [-0.2, 0) is 4.79 Å². The van der Waals surface area contributed by atoms with Crippen LogP contribution in [0.15, 0.2) is 53.4 Å². The zero-order chi connectivity index (χ0) is 18.5. The number of nitrogens with one attached hydrogen (secondary N) is 1. The van der Waals surface area contributed by atoms with E-state index in [1.807, 2.05) is 30.5 Å². The predicted molar refractivity (Wildman–Crippen MR) is 102 cm³/mol. The molecule has 0 unspecified atom stereocenters. The quantitative estimate of drug-likeness (QED) is 0.824. The molecule has 0 bridgehead atoms. The van der Waals surface area contributed by atoms with Crippen molar-refractivity contribution in [1.29, 1.82) is 0 Å². The van der Waals surface area contributed by atoms with Crippen molar-refractivity contribution in [2.75, 3.05) is 24.7 Å². The van der Waals surface area contributed by atoms with Crippen molar-refractivity contribution in [3.8, 4) is 0 Å². The standard InChI is InChI=1S/C20H21FN2O2S/c1-26-18-8-6-17(7-9-18)22-19(24)14-10-12-23(13-11-14)20(25)15-2-4-16(21)5-3-15/h2-9,14H,10-13H2,1H3,(H,22,24). The topological polar surface area (TPSA) is 49.4 Å². The summed E-state index contributed by atoms with van der Waals surface area (Å²) >= 11 is 1.66. The zero-order valence-corrected chi connectivity index (χ0v) is 15.4. The minimum Gasteiger partial charge on any atom is -0.339 e. The molecule has 1 fully saturated rings. The van der Waals surface area contributed by atoms with Gasteiger partial charge in [-0.15, -0.1) is 11.8 Å². The molecule has 6 heteroatoms. The van der Waals surface area contributed by atoms with Crippen LogP contribution in [0.25, 0.3) is 0 Å². The number of benzene rings is 2. The van der Waals surface area contributed by atoms with Gasteiger partial charge in [-0.05, 0) is 67.6 Å². The van der Waals surface area contributed by atoms with Crippen LogP contribution in [0.5, 0.6) is 0 Å². The van der Waals surface area contributed by atoms with Gasteiger partial charge in [0.05, 0.1) is 0 Å². The molecule has 0 atom stereocenters. The number of likely N-dealkylation sites (tertiary alicyclic amines) is 1. The average Bonchev–Trinajstić information content (AvgIpc) is 2.69. The van der Waals surface area contributed by atoms with E-state index < -0.39 is 0 Å². The van der Waals surface area contributed by atoms with Gasteiger partial charge >= 0.3 is 0 Å². The number of nitrogens with zero attached hydrogens (tertiary/aromatic N) is 1. The van der Waals surface area contributed by atoms with Crippen LogP contribution in [0.1, 0.15) is 23.2 Å². The van der Waals surface area contributed by atoms with Crippen LogP contribution in [0.4, 0.5) is 10.1 Å². The van der Waals surface area contributed by atoms with Crippen molar-refractivity contribution >= 4 is 29.3 Å². The lowest BCUT2D eigenvalue weighted by molar-refractivity contribution is -0.121. The summed E-state index contributed by atoms with van der Waals surface area (Å²) in [6, 6.07) is 13.3. The summed E-state index contributed by atoms with van der Waals surface area (Å²) in [6.45, 7) is 1.05. The first-order valence-electron chi connectivity index (χ1n) is 8.56. The Morgan fingerprint density at radius 1 is 1.04 bits per heavy atom. The van der Waals surface area contributed by atoms with Crippen molar-refractivity contribution in [3.63, 3.8) is 0 Å². The van der Waals surface area contributed by atoms with E-state index in [2.05, 4.69) is 5.32 Å². The smallest absolute Gasteiger partial charge is 0.253 e. The summed E-state index contributed by atoms with van der Waals surface area (Å²) in [7, 11) is 0. The van der Waals surface area contributed by atoms with E-state index in [1.54, 1.807) is 16.7 Å². The van der Waals surface area contributed by atoms with Crippen molar-refractivity contribution in [3.05, 3.63) is 59.9 Å². The second-order valence-electron chi connectivity index (χ2n) is 6.29. The van der Waals surface area contributed by atoms with E-state index >= 15 is 0 Å².